The van der Waals surface area contributed by atoms with Crippen molar-refractivity contribution in [2.75, 3.05) is 6.54 Å². The smallest absolute Gasteiger partial charge is 0.251 e. The van der Waals surface area contributed by atoms with E-state index in [1.165, 1.54) is 11.1 Å². The Bertz CT molecular complexity index is 940. The molecule has 0 saturated heterocycles. The van der Waals surface area contributed by atoms with Crippen LogP contribution in [0.2, 0.25) is 0 Å². The molecule has 24 heavy (non-hydrogen) atoms. The van der Waals surface area contributed by atoms with Crippen LogP contribution in [0.3, 0.4) is 0 Å². The molecule has 0 fully saturated rings. The van der Waals surface area contributed by atoms with Crippen molar-refractivity contribution in [1.82, 2.24) is 14.9 Å². The van der Waals surface area contributed by atoms with Crippen molar-refractivity contribution in [2.45, 2.75) is 20.3 Å². The van der Waals surface area contributed by atoms with E-state index in [-0.39, 0.29) is 5.91 Å². The summed E-state index contributed by atoms with van der Waals surface area (Å²) in [6, 6.07) is 12.3. The first-order valence-corrected chi connectivity index (χ1v) is 8.16. The van der Waals surface area contributed by atoms with Gasteiger partial charge in [0.2, 0.25) is 0 Å². The highest BCUT2D eigenvalue weighted by molar-refractivity contribution is 5.97. The molecule has 1 amide bonds. The summed E-state index contributed by atoms with van der Waals surface area (Å²) in [7, 11) is 0. The highest BCUT2D eigenvalue weighted by Crippen LogP contribution is 2.27. The molecule has 0 bridgehead atoms. The molecule has 1 N–H and O–H groups in total. The summed E-state index contributed by atoms with van der Waals surface area (Å²) < 4.78 is 2.05. The zero-order valence-corrected chi connectivity index (χ0v) is 13.8. The quantitative estimate of drug-likeness (QED) is 0.787. The molecule has 0 unspecified atom stereocenters. The van der Waals surface area contributed by atoms with Crippen molar-refractivity contribution < 1.29 is 4.79 Å². The van der Waals surface area contributed by atoms with Crippen LogP contribution < -0.4 is 5.32 Å². The van der Waals surface area contributed by atoms with Gasteiger partial charge in [0.1, 0.15) is 5.82 Å². The summed E-state index contributed by atoms with van der Waals surface area (Å²) in [6.45, 7) is 4.93. The van der Waals surface area contributed by atoms with Gasteiger partial charge in [-0.2, -0.15) is 0 Å². The predicted octanol–water partition coefficient (Wildman–Crippen LogP) is 3.44. The second-order valence-electron chi connectivity index (χ2n) is 6.22. The minimum Gasteiger partial charge on any atom is -0.352 e. The normalized spacial score (nSPS) is 13.5. The molecule has 0 spiro atoms. The molecule has 2 aromatic carbocycles. The van der Waals surface area contributed by atoms with Crippen molar-refractivity contribution in [3.8, 4) is 17.1 Å². The Labute approximate surface area is 141 Å². The zero-order chi connectivity index (χ0) is 16.7. The average Bonchev–Trinajstić information content (AvgIpc) is 3.07. The van der Waals surface area contributed by atoms with Gasteiger partial charge in [-0.3, -0.25) is 9.36 Å². The van der Waals surface area contributed by atoms with Crippen LogP contribution in [0.5, 0.6) is 0 Å². The van der Waals surface area contributed by atoms with E-state index in [4.69, 9.17) is 0 Å². The Morgan fingerprint density at radius 1 is 1.12 bits per heavy atom. The first-order chi connectivity index (χ1) is 11.6. The van der Waals surface area contributed by atoms with Crippen LogP contribution >= 0.6 is 0 Å². The number of aryl methyl sites for hydroxylation is 1. The number of amides is 1. The highest BCUT2D eigenvalue weighted by atomic mass is 16.1. The third-order valence-corrected chi connectivity index (χ3v) is 4.78. The fourth-order valence-electron chi connectivity index (χ4n) is 3.25. The van der Waals surface area contributed by atoms with E-state index in [1.54, 1.807) is 6.20 Å². The fraction of sp³-hybridized carbons (Fsp3) is 0.200. The van der Waals surface area contributed by atoms with Crippen LogP contribution in [0, 0.1) is 13.8 Å². The van der Waals surface area contributed by atoms with Crippen LogP contribution in [0.1, 0.15) is 27.0 Å². The summed E-state index contributed by atoms with van der Waals surface area (Å²) >= 11 is 0. The summed E-state index contributed by atoms with van der Waals surface area (Å²) in [6.07, 6.45) is 4.63. The predicted molar refractivity (Wildman–Crippen MR) is 94.5 cm³/mol. The van der Waals surface area contributed by atoms with E-state index in [0.29, 0.717) is 6.54 Å². The number of carbonyl (C=O) groups is 1. The van der Waals surface area contributed by atoms with E-state index in [2.05, 4.69) is 54.5 Å². The molecule has 0 saturated carbocycles. The minimum absolute atomic E-state index is 0.00602. The van der Waals surface area contributed by atoms with Crippen LogP contribution in [-0.2, 0) is 6.42 Å². The number of carbonyl (C=O) groups excluding carboxylic acids is 1. The SMILES string of the molecule is Cc1cccc(-c2nccn2-c2ccc3c(c2)C(=O)NCC3)c1C. The third-order valence-electron chi connectivity index (χ3n) is 4.78. The lowest BCUT2D eigenvalue weighted by Gasteiger charge is -2.18. The molecule has 3 aromatic rings. The summed E-state index contributed by atoms with van der Waals surface area (Å²) in [5.74, 6) is 0.902. The van der Waals surface area contributed by atoms with E-state index in [0.717, 1.165) is 34.6 Å². The number of hydrogen-bond donors (Lipinski definition) is 1. The zero-order valence-electron chi connectivity index (χ0n) is 13.8. The largest absolute Gasteiger partial charge is 0.352 e. The first-order valence-electron chi connectivity index (χ1n) is 8.16. The van der Waals surface area contributed by atoms with Crippen molar-refractivity contribution >= 4 is 5.91 Å². The lowest BCUT2D eigenvalue weighted by atomic mass is 9.99. The van der Waals surface area contributed by atoms with Gasteiger partial charge in [0.15, 0.2) is 0 Å². The Hall–Kier alpha value is -2.88. The van der Waals surface area contributed by atoms with Gasteiger partial charge in [-0.05, 0) is 49.1 Å². The van der Waals surface area contributed by atoms with Crippen molar-refractivity contribution in [3.05, 3.63) is 71.0 Å². The van der Waals surface area contributed by atoms with Gasteiger partial charge in [-0.1, -0.05) is 24.3 Å². The third kappa shape index (κ3) is 2.31. The lowest BCUT2D eigenvalue weighted by Crippen LogP contribution is -2.31. The maximum Gasteiger partial charge on any atom is 0.251 e. The number of imidazole rings is 1. The number of nitrogens with zero attached hydrogens (tertiary/aromatic N) is 2. The van der Waals surface area contributed by atoms with E-state index in [9.17, 15) is 4.79 Å². The van der Waals surface area contributed by atoms with Crippen LogP contribution in [0.4, 0.5) is 0 Å². The monoisotopic (exact) mass is 317 g/mol. The molecule has 0 radical (unpaired) electrons. The van der Waals surface area contributed by atoms with Crippen molar-refractivity contribution in [1.29, 1.82) is 0 Å². The van der Waals surface area contributed by atoms with Crippen LogP contribution in [0.25, 0.3) is 17.1 Å². The van der Waals surface area contributed by atoms with E-state index < -0.39 is 0 Å². The van der Waals surface area contributed by atoms with Gasteiger partial charge < -0.3 is 5.32 Å². The molecule has 1 aliphatic heterocycles. The molecule has 120 valence electrons. The van der Waals surface area contributed by atoms with Crippen molar-refractivity contribution in [3.63, 3.8) is 0 Å². The van der Waals surface area contributed by atoms with Gasteiger partial charge in [-0.25, -0.2) is 4.98 Å². The Kier molecular flexibility index (Phi) is 3.45. The first kappa shape index (κ1) is 14.7. The van der Waals surface area contributed by atoms with E-state index in [1.807, 2.05) is 16.8 Å². The summed E-state index contributed by atoms with van der Waals surface area (Å²) in [5.41, 5.74) is 6.41. The van der Waals surface area contributed by atoms with Gasteiger partial charge in [0.05, 0.1) is 0 Å². The number of nitrogens with one attached hydrogen (secondary N) is 1. The molecule has 4 nitrogen and oxygen atoms in total. The summed E-state index contributed by atoms with van der Waals surface area (Å²) in [4.78, 5) is 16.7. The van der Waals surface area contributed by atoms with Crippen LogP contribution in [-0.4, -0.2) is 22.0 Å². The molecule has 0 aliphatic carbocycles. The molecule has 1 aromatic heterocycles. The van der Waals surface area contributed by atoms with Crippen molar-refractivity contribution in [2.24, 2.45) is 0 Å². The maximum atomic E-state index is 12.1. The average molecular weight is 317 g/mol. The fourth-order valence-corrected chi connectivity index (χ4v) is 3.25. The maximum absolute atomic E-state index is 12.1. The number of hydrogen-bond acceptors (Lipinski definition) is 2. The molecule has 0 atom stereocenters. The number of benzene rings is 2. The Morgan fingerprint density at radius 3 is 2.88 bits per heavy atom. The standard InChI is InChI=1S/C20H19N3O/c1-13-4-3-5-17(14(13)2)19-21-10-11-23(19)16-7-6-15-8-9-22-20(24)18(15)12-16/h3-7,10-12H,8-9H2,1-2H3,(H,22,24). The second-order valence-corrected chi connectivity index (χ2v) is 6.22. The molecule has 4 heteroatoms. The number of aromatic nitrogens is 2. The van der Waals surface area contributed by atoms with Gasteiger partial charge >= 0.3 is 0 Å². The number of fused-ring (bicyclic) bond motifs is 1. The van der Waals surface area contributed by atoms with Gasteiger partial charge in [0.25, 0.3) is 5.91 Å². The molecular formula is C20H19N3O. The lowest BCUT2D eigenvalue weighted by molar-refractivity contribution is 0.0946. The second kappa shape index (κ2) is 5.64. The Balaban J connectivity index is 1.85. The van der Waals surface area contributed by atoms with Crippen LogP contribution in [0.15, 0.2) is 48.8 Å². The summed E-state index contributed by atoms with van der Waals surface area (Å²) in [5, 5.41) is 2.91. The molecule has 2 heterocycles. The molecule has 1 aliphatic rings. The van der Waals surface area contributed by atoms with E-state index >= 15 is 0 Å². The minimum atomic E-state index is 0.00602. The highest BCUT2D eigenvalue weighted by Gasteiger charge is 2.18. The van der Waals surface area contributed by atoms with Gasteiger partial charge in [0, 0.05) is 35.8 Å². The molecular weight excluding hydrogens is 298 g/mol. The molecule has 4 rings (SSSR count). The topological polar surface area (TPSA) is 46.9 Å². The van der Waals surface area contributed by atoms with Gasteiger partial charge in [-0.15, -0.1) is 0 Å². The number of rotatable bonds is 2. The Morgan fingerprint density at radius 2 is 2.00 bits per heavy atom.